The molecule has 3 rings (SSSR count). The monoisotopic (exact) mass is 339 g/mol. The van der Waals surface area contributed by atoms with Crippen molar-refractivity contribution in [2.24, 2.45) is 0 Å². The molecule has 2 amide bonds. The van der Waals surface area contributed by atoms with Crippen molar-refractivity contribution < 1.29 is 14.3 Å². The normalized spacial score (nSPS) is 21.4. The first-order valence-corrected chi connectivity index (χ1v) is 8.27. The third kappa shape index (κ3) is 3.82. The standard InChI is InChI=1S/C16H22ClN3O3/c1-22-15-3-2-12(17)10-14(15)20-5-4-13(11-20)18-16(21)19-6-8-23-9-7-19/h2-3,10,13H,4-9,11H2,1H3,(H,18,21)/t13-/m0/s1. The Hall–Kier alpha value is -1.66. The zero-order valence-electron chi connectivity index (χ0n) is 13.3. The van der Waals surface area contributed by atoms with Crippen LogP contribution in [0.3, 0.4) is 0 Å². The molecule has 2 fully saturated rings. The Labute approximate surface area is 141 Å². The quantitative estimate of drug-likeness (QED) is 0.914. The Morgan fingerprint density at radius 1 is 1.35 bits per heavy atom. The van der Waals surface area contributed by atoms with E-state index >= 15 is 0 Å². The summed E-state index contributed by atoms with van der Waals surface area (Å²) < 4.78 is 10.7. The molecule has 0 unspecified atom stereocenters. The number of nitrogens with zero attached hydrogens (tertiary/aromatic N) is 2. The van der Waals surface area contributed by atoms with Crippen molar-refractivity contribution in [2.75, 3.05) is 51.4 Å². The number of amides is 2. The highest BCUT2D eigenvalue weighted by Gasteiger charge is 2.28. The summed E-state index contributed by atoms with van der Waals surface area (Å²) in [5.74, 6) is 0.801. The van der Waals surface area contributed by atoms with Crippen LogP contribution in [0.1, 0.15) is 6.42 Å². The molecule has 1 aromatic rings. The van der Waals surface area contributed by atoms with Gasteiger partial charge in [0.25, 0.3) is 0 Å². The number of nitrogens with one attached hydrogen (secondary N) is 1. The number of carbonyl (C=O) groups excluding carboxylic acids is 1. The summed E-state index contributed by atoms with van der Waals surface area (Å²) >= 11 is 6.10. The van der Waals surface area contributed by atoms with Crippen LogP contribution in [0.4, 0.5) is 10.5 Å². The van der Waals surface area contributed by atoms with E-state index in [0.29, 0.717) is 31.3 Å². The van der Waals surface area contributed by atoms with Gasteiger partial charge in [-0.2, -0.15) is 0 Å². The van der Waals surface area contributed by atoms with Crippen LogP contribution in [0.25, 0.3) is 0 Å². The summed E-state index contributed by atoms with van der Waals surface area (Å²) in [6.45, 7) is 4.17. The molecule has 2 aliphatic heterocycles. The van der Waals surface area contributed by atoms with Crippen molar-refractivity contribution in [3.05, 3.63) is 23.2 Å². The SMILES string of the molecule is COc1ccc(Cl)cc1N1CC[C@H](NC(=O)N2CCOCC2)C1. The zero-order valence-corrected chi connectivity index (χ0v) is 14.0. The van der Waals surface area contributed by atoms with Crippen LogP contribution >= 0.6 is 11.6 Å². The van der Waals surface area contributed by atoms with Crippen LogP contribution in [-0.4, -0.2) is 63.5 Å². The van der Waals surface area contributed by atoms with Crippen molar-refractivity contribution in [3.63, 3.8) is 0 Å². The molecule has 23 heavy (non-hydrogen) atoms. The Balaban J connectivity index is 1.60. The highest BCUT2D eigenvalue weighted by atomic mass is 35.5. The minimum atomic E-state index is -0.00166. The number of anilines is 1. The number of carbonyl (C=O) groups is 1. The number of hydrogen-bond acceptors (Lipinski definition) is 4. The molecule has 0 aliphatic carbocycles. The molecule has 0 radical (unpaired) electrons. The Bertz CT molecular complexity index is 564. The average molecular weight is 340 g/mol. The number of halogens is 1. The van der Waals surface area contributed by atoms with E-state index in [1.165, 1.54) is 0 Å². The second-order valence-corrected chi connectivity index (χ2v) is 6.23. The van der Waals surface area contributed by atoms with Gasteiger partial charge >= 0.3 is 6.03 Å². The fourth-order valence-corrected chi connectivity index (χ4v) is 3.21. The van der Waals surface area contributed by atoms with Crippen LogP contribution < -0.4 is 15.0 Å². The lowest BCUT2D eigenvalue weighted by Gasteiger charge is -2.28. The summed E-state index contributed by atoms with van der Waals surface area (Å²) in [7, 11) is 1.65. The number of benzene rings is 1. The van der Waals surface area contributed by atoms with Crippen molar-refractivity contribution in [1.29, 1.82) is 0 Å². The van der Waals surface area contributed by atoms with Gasteiger partial charge in [0, 0.05) is 37.2 Å². The third-order valence-corrected chi connectivity index (χ3v) is 4.53. The summed E-state index contributed by atoms with van der Waals surface area (Å²) in [4.78, 5) is 16.3. The molecule has 1 N–H and O–H groups in total. The number of urea groups is 1. The Morgan fingerprint density at radius 2 is 2.13 bits per heavy atom. The van der Waals surface area contributed by atoms with Crippen LogP contribution in [0.5, 0.6) is 5.75 Å². The molecule has 7 heteroatoms. The maximum Gasteiger partial charge on any atom is 0.317 e. The number of ether oxygens (including phenoxy) is 2. The summed E-state index contributed by atoms with van der Waals surface area (Å²) in [5.41, 5.74) is 0.975. The van der Waals surface area contributed by atoms with Crippen LogP contribution in [0.15, 0.2) is 18.2 Å². The number of hydrogen-bond donors (Lipinski definition) is 1. The van der Waals surface area contributed by atoms with E-state index in [1.54, 1.807) is 7.11 Å². The van der Waals surface area contributed by atoms with E-state index < -0.39 is 0 Å². The van der Waals surface area contributed by atoms with Gasteiger partial charge < -0.3 is 24.6 Å². The molecule has 6 nitrogen and oxygen atoms in total. The predicted molar refractivity (Wildman–Crippen MR) is 89.5 cm³/mol. The fourth-order valence-electron chi connectivity index (χ4n) is 3.04. The molecule has 0 spiro atoms. The third-order valence-electron chi connectivity index (χ3n) is 4.30. The molecule has 0 aromatic heterocycles. The van der Waals surface area contributed by atoms with Crippen molar-refractivity contribution in [2.45, 2.75) is 12.5 Å². The largest absolute Gasteiger partial charge is 0.495 e. The molecule has 1 atom stereocenters. The Morgan fingerprint density at radius 3 is 2.87 bits per heavy atom. The van der Waals surface area contributed by atoms with Crippen LogP contribution in [0, 0.1) is 0 Å². The van der Waals surface area contributed by atoms with Gasteiger partial charge in [-0.15, -0.1) is 0 Å². The van der Waals surface area contributed by atoms with Crippen LogP contribution in [0.2, 0.25) is 5.02 Å². The second-order valence-electron chi connectivity index (χ2n) is 5.80. The molecule has 2 heterocycles. The summed E-state index contributed by atoms with van der Waals surface area (Å²) in [6.07, 6.45) is 0.908. The molecule has 2 aliphatic rings. The van der Waals surface area contributed by atoms with Gasteiger partial charge in [0.2, 0.25) is 0 Å². The van der Waals surface area contributed by atoms with Gasteiger partial charge in [-0.05, 0) is 24.6 Å². The first-order valence-electron chi connectivity index (χ1n) is 7.89. The molecule has 126 valence electrons. The molecular formula is C16H22ClN3O3. The highest BCUT2D eigenvalue weighted by Crippen LogP contribution is 2.33. The van der Waals surface area contributed by atoms with Gasteiger partial charge in [0.05, 0.1) is 26.0 Å². The average Bonchev–Trinajstić information content (AvgIpc) is 3.04. The maximum absolute atomic E-state index is 12.3. The lowest BCUT2D eigenvalue weighted by molar-refractivity contribution is 0.0526. The fraction of sp³-hybridized carbons (Fsp3) is 0.562. The van der Waals surface area contributed by atoms with Crippen molar-refractivity contribution >= 4 is 23.3 Å². The minimum absolute atomic E-state index is 0.00166. The Kier molecular flexibility index (Phi) is 5.13. The van der Waals surface area contributed by atoms with E-state index in [4.69, 9.17) is 21.1 Å². The van der Waals surface area contributed by atoms with Gasteiger partial charge in [0.1, 0.15) is 5.75 Å². The van der Waals surface area contributed by atoms with Gasteiger partial charge in [-0.1, -0.05) is 11.6 Å². The molecule has 0 saturated carbocycles. The van der Waals surface area contributed by atoms with E-state index in [2.05, 4.69) is 10.2 Å². The summed E-state index contributed by atoms with van der Waals surface area (Å²) in [5, 5.41) is 3.80. The smallest absolute Gasteiger partial charge is 0.317 e. The second kappa shape index (κ2) is 7.27. The molecule has 1 aromatic carbocycles. The summed E-state index contributed by atoms with van der Waals surface area (Å²) in [6, 6.07) is 5.73. The van der Waals surface area contributed by atoms with E-state index in [0.717, 1.165) is 30.9 Å². The highest BCUT2D eigenvalue weighted by molar-refractivity contribution is 6.30. The number of rotatable bonds is 3. The first kappa shape index (κ1) is 16.2. The topological polar surface area (TPSA) is 54.0 Å². The predicted octanol–water partition coefficient (Wildman–Crippen LogP) is 1.97. The molecular weight excluding hydrogens is 318 g/mol. The molecule has 0 bridgehead atoms. The van der Waals surface area contributed by atoms with Crippen LogP contribution in [-0.2, 0) is 4.74 Å². The van der Waals surface area contributed by atoms with E-state index in [-0.39, 0.29) is 12.1 Å². The van der Waals surface area contributed by atoms with Gasteiger partial charge in [-0.25, -0.2) is 4.79 Å². The van der Waals surface area contributed by atoms with Crippen molar-refractivity contribution in [1.82, 2.24) is 10.2 Å². The molecule has 2 saturated heterocycles. The van der Waals surface area contributed by atoms with Gasteiger partial charge in [0.15, 0.2) is 0 Å². The maximum atomic E-state index is 12.3. The lowest BCUT2D eigenvalue weighted by Crippen LogP contribution is -2.49. The number of methoxy groups -OCH3 is 1. The van der Waals surface area contributed by atoms with E-state index in [1.807, 2.05) is 23.1 Å². The minimum Gasteiger partial charge on any atom is -0.495 e. The lowest BCUT2D eigenvalue weighted by atomic mass is 10.2. The first-order chi connectivity index (χ1) is 11.2. The zero-order chi connectivity index (χ0) is 16.2. The number of morpholine rings is 1. The van der Waals surface area contributed by atoms with Gasteiger partial charge in [-0.3, -0.25) is 0 Å². The van der Waals surface area contributed by atoms with E-state index in [9.17, 15) is 4.79 Å². The van der Waals surface area contributed by atoms with Crippen molar-refractivity contribution in [3.8, 4) is 5.75 Å².